The molecule has 0 aromatic heterocycles. The topological polar surface area (TPSA) is 36.9 Å². The molecule has 2 aromatic carbocycles. The highest BCUT2D eigenvalue weighted by Crippen LogP contribution is 2.45. The molecule has 5 heteroatoms. The predicted octanol–water partition coefficient (Wildman–Crippen LogP) is 11.2. The molecule has 0 aliphatic heterocycles. The van der Waals surface area contributed by atoms with Crippen LogP contribution in [0, 0.1) is 0 Å². The van der Waals surface area contributed by atoms with E-state index in [-0.39, 0.29) is 21.7 Å². The highest BCUT2D eigenvalue weighted by atomic mass is 27.2. The Kier molecular flexibility index (Phi) is 13.0. The van der Waals surface area contributed by atoms with Crippen molar-refractivity contribution in [3.05, 3.63) is 46.5 Å². The number of rotatable bonds is 13. The van der Waals surface area contributed by atoms with E-state index in [0.717, 1.165) is 34.7 Å². The summed E-state index contributed by atoms with van der Waals surface area (Å²) in [5.74, 6) is 3.70. The standard InChI is InChI=1S/2C15H24O2.C8H17.Al/c2*1-14(2,3)11-8-10(17-7)9-12(13(11)16)15(4,5)6;1-3-5-7-8-6-4-2;/h2*8-9,16H,1-7H3;1,3-8H2,2H3;/q;;;+2/p-2. The molecule has 43 heavy (non-hydrogen) atoms. The second-order valence-electron chi connectivity index (χ2n) is 16.3. The van der Waals surface area contributed by atoms with Gasteiger partial charge in [0.15, 0.2) is 0 Å². The summed E-state index contributed by atoms with van der Waals surface area (Å²) >= 11 is -2.28. The zero-order valence-electron chi connectivity index (χ0n) is 30.5. The summed E-state index contributed by atoms with van der Waals surface area (Å²) in [6.45, 7) is 29.3. The van der Waals surface area contributed by atoms with Crippen LogP contribution in [-0.4, -0.2) is 29.0 Å². The van der Waals surface area contributed by atoms with E-state index in [1.165, 1.54) is 54.4 Å². The minimum absolute atomic E-state index is 0.129. The molecule has 0 bridgehead atoms. The van der Waals surface area contributed by atoms with Gasteiger partial charge in [0.2, 0.25) is 0 Å². The van der Waals surface area contributed by atoms with Gasteiger partial charge in [-0.15, -0.1) is 0 Å². The van der Waals surface area contributed by atoms with Crippen molar-refractivity contribution in [3.63, 3.8) is 0 Å². The number of ether oxygens (including phenoxy) is 2. The Morgan fingerprint density at radius 1 is 0.488 bits per heavy atom. The average Bonchev–Trinajstić information content (AvgIpc) is 2.88. The van der Waals surface area contributed by atoms with Crippen LogP contribution in [0.15, 0.2) is 24.3 Å². The lowest BCUT2D eigenvalue weighted by atomic mass is 9.79. The van der Waals surface area contributed by atoms with Gasteiger partial charge in [-0.05, 0) is 51.2 Å². The van der Waals surface area contributed by atoms with Crippen LogP contribution in [0.1, 0.15) is 151 Å². The first-order valence-corrected chi connectivity index (χ1v) is 18.3. The summed E-state index contributed by atoms with van der Waals surface area (Å²) in [6.07, 6.45) is 7.44. The van der Waals surface area contributed by atoms with Crippen molar-refractivity contribution in [3.8, 4) is 23.0 Å². The number of benzene rings is 2. The van der Waals surface area contributed by atoms with E-state index in [1.807, 2.05) is 0 Å². The first-order valence-electron chi connectivity index (χ1n) is 16.5. The van der Waals surface area contributed by atoms with Crippen molar-refractivity contribution >= 4 is 14.8 Å². The molecule has 0 N–H and O–H groups in total. The van der Waals surface area contributed by atoms with E-state index in [0.29, 0.717) is 0 Å². The van der Waals surface area contributed by atoms with Crippen LogP contribution in [0.25, 0.3) is 0 Å². The van der Waals surface area contributed by atoms with Gasteiger partial charge < -0.3 is 17.1 Å². The molecule has 0 amide bonds. The molecule has 0 saturated carbocycles. The Balaban J connectivity index is 2.75. The van der Waals surface area contributed by atoms with Crippen LogP contribution in [-0.2, 0) is 21.7 Å². The van der Waals surface area contributed by atoms with Crippen molar-refractivity contribution < 1.29 is 17.1 Å². The van der Waals surface area contributed by atoms with Crippen LogP contribution in [0.4, 0.5) is 0 Å². The Bertz CT molecular complexity index is 1020. The van der Waals surface area contributed by atoms with E-state index in [1.54, 1.807) is 14.2 Å². The van der Waals surface area contributed by atoms with Gasteiger partial charge in [0.05, 0.1) is 25.7 Å². The van der Waals surface area contributed by atoms with Crippen LogP contribution >= 0.6 is 0 Å². The zero-order chi connectivity index (χ0) is 32.8. The van der Waals surface area contributed by atoms with E-state index < -0.39 is 14.8 Å². The van der Waals surface area contributed by atoms with E-state index >= 15 is 0 Å². The number of methoxy groups -OCH3 is 2. The fourth-order valence-corrected chi connectivity index (χ4v) is 7.36. The highest BCUT2D eigenvalue weighted by Gasteiger charge is 2.39. The van der Waals surface area contributed by atoms with E-state index in [9.17, 15) is 0 Å². The highest BCUT2D eigenvalue weighted by molar-refractivity contribution is 6.46. The maximum Gasteiger partial charge on any atom is 0.856 e. The van der Waals surface area contributed by atoms with Crippen molar-refractivity contribution in [1.82, 2.24) is 0 Å². The lowest BCUT2D eigenvalue weighted by Crippen LogP contribution is -2.34. The second kappa shape index (κ2) is 15.0. The molecule has 0 heterocycles. The third-order valence-electron chi connectivity index (χ3n) is 8.12. The summed E-state index contributed by atoms with van der Waals surface area (Å²) < 4.78 is 26.2. The molecule has 0 fully saturated rings. The average molecular weight is 611 g/mol. The maximum absolute atomic E-state index is 7.28. The molecule has 0 aliphatic rings. The van der Waals surface area contributed by atoms with Gasteiger partial charge in [0.25, 0.3) is 0 Å². The van der Waals surface area contributed by atoms with Crippen LogP contribution in [0.2, 0.25) is 5.28 Å². The smallest absolute Gasteiger partial charge is 0.611 e. The summed E-state index contributed by atoms with van der Waals surface area (Å²) in [5.41, 5.74) is 4.16. The van der Waals surface area contributed by atoms with Crippen LogP contribution in [0.5, 0.6) is 23.0 Å². The van der Waals surface area contributed by atoms with Crippen molar-refractivity contribution in [2.45, 2.75) is 155 Å². The Morgan fingerprint density at radius 2 is 0.791 bits per heavy atom. The normalized spacial score (nSPS) is 12.7. The van der Waals surface area contributed by atoms with Gasteiger partial charge in [0, 0.05) is 22.3 Å². The molecule has 0 atom stereocenters. The number of unbranched alkanes of at least 4 members (excludes halogenated alkanes) is 5. The molecule has 4 nitrogen and oxygen atoms in total. The Hall–Kier alpha value is -1.83. The minimum atomic E-state index is -2.28. The lowest BCUT2D eigenvalue weighted by molar-refractivity contribution is 0.373. The monoisotopic (exact) mass is 610 g/mol. The molecule has 0 radical (unpaired) electrons. The lowest BCUT2D eigenvalue weighted by Gasteiger charge is -2.34. The van der Waals surface area contributed by atoms with Crippen LogP contribution < -0.4 is 17.1 Å². The fraction of sp³-hybridized carbons (Fsp3) is 0.684. The fourth-order valence-electron chi connectivity index (χ4n) is 5.42. The molecule has 2 aromatic rings. The van der Waals surface area contributed by atoms with Gasteiger partial charge in [0.1, 0.15) is 11.5 Å². The quantitative estimate of drug-likeness (QED) is 0.167. The van der Waals surface area contributed by atoms with Gasteiger partial charge in [-0.1, -0.05) is 129 Å². The Labute approximate surface area is 270 Å². The third kappa shape index (κ3) is 10.6. The zero-order valence-corrected chi connectivity index (χ0v) is 31.6. The van der Waals surface area contributed by atoms with Crippen LogP contribution in [0.3, 0.4) is 0 Å². The first kappa shape index (κ1) is 37.4. The van der Waals surface area contributed by atoms with Gasteiger partial charge in [-0.3, -0.25) is 0 Å². The van der Waals surface area contributed by atoms with Gasteiger partial charge in [-0.25, -0.2) is 0 Å². The molecule has 242 valence electrons. The third-order valence-corrected chi connectivity index (χ3v) is 10.00. The molecular weight excluding hydrogens is 547 g/mol. The minimum Gasteiger partial charge on any atom is -0.611 e. The van der Waals surface area contributed by atoms with Crippen molar-refractivity contribution in [2.24, 2.45) is 0 Å². The molecule has 0 unspecified atom stereocenters. The number of hydrogen-bond donors (Lipinski definition) is 0. The molecule has 0 saturated heterocycles. The predicted molar refractivity (Wildman–Crippen MR) is 186 cm³/mol. The Morgan fingerprint density at radius 3 is 1.07 bits per heavy atom. The van der Waals surface area contributed by atoms with Crippen molar-refractivity contribution in [1.29, 1.82) is 0 Å². The van der Waals surface area contributed by atoms with Crippen molar-refractivity contribution in [2.75, 3.05) is 14.2 Å². The number of hydrogen-bond acceptors (Lipinski definition) is 4. The van der Waals surface area contributed by atoms with E-state index in [4.69, 9.17) is 17.1 Å². The van der Waals surface area contributed by atoms with E-state index in [2.05, 4.69) is 114 Å². The molecule has 0 aliphatic carbocycles. The molecule has 0 spiro atoms. The summed E-state index contributed by atoms with van der Waals surface area (Å²) in [7, 11) is 3.50. The van der Waals surface area contributed by atoms with Gasteiger partial charge in [-0.2, -0.15) is 0 Å². The first-order chi connectivity index (χ1) is 19.7. The SMILES string of the molecule is CCCCCCC[CH2][Al]([O]c1c(C(C)(C)C)cc(OC)cc1C(C)(C)C)[O]c1c(C(C)(C)C)cc(OC)cc1C(C)(C)C. The second-order valence-corrected chi connectivity index (χ2v) is 18.2. The summed E-state index contributed by atoms with van der Waals surface area (Å²) in [6, 6.07) is 8.65. The largest absolute Gasteiger partial charge is 0.856 e. The molecule has 2 rings (SSSR count). The summed E-state index contributed by atoms with van der Waals surface area (Å²) in [4.78, 5) is 0. The summed E-state index contributed by atoms with van der Waals surface area (Å²) in [5, 5.41) is 0.949. The van der Waals surface area contributed by atoms with Gasteiger partial charge >= 0.3 is 14.8 Å². The molecular formula is C38H63AlO4. The maximum atomic E-state index is 7.28.